The molecule has 3 nitrogen and oxygen atoms in total. The molecule has 0 fully saturated rings. The first kappa shape index (κ1) is 13.3. The summed E-state index contributed by atoms with van der Waals surface area (Å²) >= 11 is 3.47. The Bertz CT molecular complexity index is 493. The van der Waals surface area contributed by atoms with Gasteiger partial charge in [0.2, 0.25) is 0 Å². The summed E-state index contributed by atoms with van der Waals surface area (Å²) in [5, 5.41) is 9.38. The molecule has 0 spiro atoms. The van der Waals surface area contributed by atoms with Crippen molar-refractivity contribution in [3.63, 3.8) is 0 Å². The molecule has 0 radical (unpaired) electrons. The summed E-state index contributed by atoms with van der Waals surface area (Å²) < 4.78 is 2.23. The summed E-state index contributed by atoms with van der Waals surface area (Å²) in [6, 6.07) is 10.5. The molecule has 0 aliphatic rings. The Morgan fingerprint density at radius 2 is 1.94 bits per heavy atom. The zero-order chi connectivity index (χ0) is 13.0. The lowest BCUT2D eigenvalue weighted by Crippen LogP contribution is -2.10. The normalized spacial score (nSPS) is 12.6. The van der Waals surface area contributed by atoms with Crippen molar-refractivity contribution in [3.8, 4) is 0 Å². The Hall–Kier alpha value is -1.16. The maximum absolute atomic E-state index is 4.36. The van der Waals surface area contributed by atoms with Crippen molar-refractivity contribution >= 4 is 15.9 Å². The van der Waals surface area contributed by atoms with Crippen LogP contribution < -0.4 is 0 Å². The minimum atomic E-state index is 0.276. The third-order valence-electron chi connectivity index (χ3n) is 3.11. The molecule has 0 saturated carbocycles. The van der Waals surface area contributed by atoms with E-state index in [4.69, 9.17) is 0 Å². The first-order valence-electron chi connectivity index (χ1n) is 6.30. The van der Waals surface area contributed by atoms with Crippen LogP contribution in [0.15, 0.2) is 30.3 Å². The number of benzene rings is 1. The molecule has 1 atom stereocenters. The van der Waals surface area contributed by atoms with Crippen LogP contribution >= 0.6 is 15.9 Å². The van der Waals surface area contributed by atoms with Crippen molar-refractivity contribution in [2.24, 2.45) is 0 Å². The van der Waals surface area contributed by atoms with Gasteiger partial charge in [-0.05, 0) is 12.0 Å². The summed E-state index contributed by atoms with van der Waals surface area (Å²) in [4.78, 5) is 0. The lowest BCUT2D eigenvalue weighted by molar-refractivity contribution is 0.606. The molecule has 1 aromatic heterocycles. The highest BCUT2D eigenvalue weighted by molar-refractivity contribution is 9.08. The van der Waals surface area contributed by atoms with Crippen LogP contribution in [0.1, 0.15) is 43.4 Å². The van der Waals surface area contributed by atoms with Crippen LogP contribution in [0.25, 0.3) is 0 Å². The number of nitrogens with zero attached hydrogens (tertiary/aromatic N) is 3. The molecule has 1 heterocycles. The average Bonchev–Trinajstić information content (AvgIpc) is 2.82. The Morgan fingerprint density at radius 1 is 1.22 bits per heavy atom. The molecular formula is C14H18BrN3. The summed E-state index contributed by atoms with van der Waals surface area (Å²) in [5.41, 5.74) is 1.28. The van der Waals surface area contributed by atoms with Crippen molar-refractivity contribution in [2.75, 3.05) is 0 Å². The van der Waals surface area contributed by atoms with E-state index >= 15 is 0 Å². The number of halogens is 1. The van der Waals surface area contributed by atoms with Gasteiger partial charge < -0.3 is 4.57 Å². The maximum Gasteiger partial charge on any atom is 0.143 e. The molecule has 96 valence electrons. The van der Waals surface area contributed by atoms with Crippen LogP contribution in [0.3, 0.4) is 0 Å². The second-order valence-corrected chi connectivity index (χ2v) is 4.95. The van der Waals surface area contributed by atoms with Gasteiger partial charge in [0.15, 0.2) is 0 Å². The fourth-order valence-electron chi connectivity index (χ4n) is 2.13. The van der Waals surface area contributed by atoms with Gasteiger partial charge in [0.25, 0.3) is 0 Å². The second kappa shape index (κ2) is 6.14. The topological polar surface area (TPSA) is 30.7 Å². The molecule has 1 unspecified atom stereocenters. The van der Waals surface area contributed by atoms with Gasteiger partial charge in [0.1, 0.15) is 11.6 Å². The van der Waals surface area contributed by atoms with Crippen molar-refractivity contribution in [3.05, 3.63) is 47.5 Å². The Balaban J connectivity index is 2.35. The Morgan fingerprint density at radius 3 is 2.56 bits per heavy atom. The highest BCUT2D eigenvalue weighted by atomic mass is 79.9. The van der Waals surface area contributed by atoms with Gasteiger partial charge in [-0.2, -0.15) is 0 Å². The Labute approximate surface area is 116 Å². The lowest BCUT2D eigenvalue weighted by atomic mass is 10.0. The molecule has 18 heavy (non-hydrogen) atoms. The van der Waals surface area contributed by atoms with E-state index in [9.17, 15) is 0 Å². The van der Waals surface area contributed by atoms with E-state index in [2.05, 4.69) is 68.8 Å². The van der Waals surface area contributed by atoms with Crippen molar-refractivity contribution in [1.29, 1.82) is 0 Å². The smallest absolute Gasteiger partial charge is 0.143 e. The average molecular weight is 308 g/mol. The van der Waals surface area contributed by atoms with Gasteiger partial charge >= 0.3 is 0 Å². The van der Waals surface area contributed by atoms with Crippen LogP contribution in [-0.2, 0) is 11.9 Å². The number of hydrogen-bond donors (Lipinski definition) is 0. The largest absolute Gasteiger partial charge is 0.314 e. The molecule has 0 N–H and O–H groups in total. The number of aromatic nitrogens is 3. The van der Waals surface area contributed by atoms with Gasteiger partial charge in [-0.3, -0.25) is 0 Å². The fourth-order valence-corrected chi connectivity index (χ4v) is 2.54. The van der Waals surface area contributed by atoms with Gasteiger partial charge in [-0.1, -0.05) is 60.1 Å². The van der Waals surface area contributed by atoms with Crippen molar-refractivity contribution < 1.29 is 0 Å². The fraction of sp³-hybridized carbons (Fsp3) is 0.429. The van der Waals surface area contributed by atoms with E-state index < -0.39 is 0 Å². The van der Waals surface area contributed by atoms with Gasteiger partial charge in [0.05, 0.1) is 5.33 Å². The van der Waals surface area contributed by atoms with E-state index in [1.54, 1.807) is 0 Å². The molecule has 2 rings (SSSR count). The van der Waals surface area contributed by atoms with Crippen LogP contribution in [0.5, 0.6) is 0 Å². The monoisotopic (exact) mass is 307 g/mol. The van der Waals surface area contributed by atoms with Gasteiger partial charge in [0, 0.05) is 12.5 Å². The number of hydrogen-bond acceptors (Lipinski definition) is 2. The summed E-state index contributed by atoms with van der Waals surface area (Å²) in [5.74, 6) is 2.34. The van der Waals surface area contributed by atoms with E-state index in [0.717, 1.165) is 29.9 Å². The highest BCUT2D eigenvalue weighted by Gasteiger charge is 2.17. The van der Waals surface area contributed by atoms with E-state index in [0.29, 0.717) is 0 Å². The molecule has 0 saturated heterocycles. The van der Waals surface area contributed by atoms with Crippen LogP contribution in [0, 0.1) is 0 Å². The highest BCUT2D eigenvalue weighted by Crippen LogP contribution is 2.23. The Kier molecular flexibility index (Phi) is 4.53. The third kappa shape index (κ3) is 2.64. The van der Waals surface area contributed by atoms with E-state index in [-0.39, 0.29) is 5.92 Å². The molecule has 0 aliphatic heterocycles. The molecule has 4 heteroatoms. The maximum atomic E-state index is 4.36. The molecule has 0 amide bonds. The quantitative estimate of drug-likeness (QED) is 0.788. The van der Waals surface area contributed by atoms with Crippen LogP contribution in [-0.4, -0.2) is 14.8 Å². The number of rotatable bonds is 5. The van der Waals surface area contributed by atoms with E-state index in [1.165, 1.54) is 5.56 Å². The summed E-state index contributed by atoms with van der Waals surface area (Å²) in [6.45, 7) is 5.33. The zero-order valence-electron chi connectivity index (χ0n) is 10.8. The molecule has 0 aliphatic carbocycles. The lowest BCUT2D eigenvalue weighted by Gasteiger charge is -2.14. The predicted molar refractivity (Wildman–Crippen MR) is 76.9 cm³/mol. The standard InChI is InChI=1S/C14H18BrN3/c1-3-9-18-13(10-15)16-17-14(18)11(2)12-7-5-4-6-8-12/h4-8,11H,3,9-10H2,1-2H3. The first-order chi connectivity index (χ1) is 8.77. The van der Waals surface area contributed by atoms with Gasteiger partial charge in [-0.15, -0.1) is 10.2 Å². The minimum Gasteiger partial charge on any atom is -0.314 e. The predicted octanol–water partition coefficient (Wildman–Crippen LogP) is 3.73. The second-order valence-electron chi connectivity index (χ2n) is 4.39. The van der Waals surface area contributed by atoms with E-state index in [1.807, 2.05) is 6.07 Å². The SMILES string of the molecule is CCCn1c(CBr)nnc1C(C)c1ccccc1. The molecule has 2 aromatic rings. The molecule has 0 bridgehead atoms. The summed E-state index contributed by atoms with van der Waals surface area (Å²) in [7, 11) is 0. The van der Waals surface area contributed by atoms with Crippen molar-refractivity contribution in [1.82, 2.24) is 14.8 Å². The molecule has 1 aromatic carbocycles. The third-order valence-corrected chi connectivity index (χ3v) is 3.61. The first-order valence-corrected chi connectivity index (χ1v) is 7.43. The summed E-state index contributed by atoms with van der Waals surface area (Å²) in [6.07, 6.45) is 1.09. The number of alkyl halides is 1. The van der Waals surface area contributed by atoms with Crippen LogP contribution in [0.2, 0.25) is 0 Å². The minimum absolute atomic E-state index is 0.276. The molecular weight excluding hydrogens is 290 g/mol. The van der Waals surface area contributed by atoms with Crippen LogP contribution in [0.4, 0.5) is 0 Å². The van der Waals surface area contributed by atoms with Crippen molar-refractivity contribution in [2.45, 2.75) is 38.1 Å². The zero-order valence-corrected chi connectivity index (χ0v) is 12.4. The van der Waals surface area contributed by atoms with Gasteiger partial charge in [-0.25, -0.2) is 0 Å².